The van der Waals surface area contributed by atoms with Crippen LogP contribution in [0.1, 0.15) is 31.0 Å². The molecule has 0 aliphatic carbocycles. The molecule has 6 nitrogen and oxygen atoms in total. The third kappa shape index (κ3) is 4.10. The lowest BCUT2D eigenvalue weighted by molar-refractivity contribution is 0.780. The third-order valence-corrected chi connectivity index (χ3v) is 7.27. The molecule has 0 saturated carbocycles. The fourth-order valence-corrected chi connectivity index (χ4v) is 5.53. The Hall–Kier alpha value is -2.94. The van der Waals surface area contributed by atoms with Crippen LogP contribution in [0.2, 0.25) is 5.02 Å². The van der Waals surface area contributed by atoms with Crippen molar-refractivity contribution < 1.29 is 0 Å². The summed E-state index contributed by atoms with van der Waals surface area (Å²) >= 11 is 8.96. The zero-order chi connectivity index (χ0) is 23.1. The van der Waals surface area contributed by atoms with Gasteiger partial charge in [0.15, 0.2) is 10.1 Å². The SMILES string of the molecule is CC(C)c1ccccc1-n1c(SCc2cc(=O)n3ccsc3n2)nc2cc(Cl)ccc2c1=O. The Kier molecular flexibility index (Phi) is 5.82. The molecule has 0 aliphatic heterocycles. The number of aromatic nitrogens is 4. The van der Waals surface area contributed by atoms with Crippen LogP contribution in [-0.4, -0.2) is 18.9 Å². The van der Waals surface area contributed by atoms with E-state index in [9.17, 15) is 9.59 Å². The first kappa shape index (κ1) is 21.9. The molecule has 5 aromatic rings. The zero-order valence-electron chi connectivity index (χ0n) is 17.9. The first-order valence-corrected chi connectivity index (χ1v) is 12.6. The summed E-state index contributed by atoms with van der Waals surface area (Å²) in [6.45, 7) is 4.19. The quantitative estimate of drug-likeness (QED) is 0.237. The van der Waals surface area contributed by atoms with Crippen LogP contribution in [0.3, 0.4) is 0 Å². The molecular formula is C24H19ClN4O2S2. The number of nitrogens with zero attached hydrogens (tertiary/aromatic N) is 4. The van der Waals surface area contributed by atoms with Gasteiger partial charge in [0.1, 0.15) is 0 Å². The largest absolute Gasteiger partial charge is 0.269 e. The van der Waals surface area contributed by atoms with Gasteiger partial charge in [-0.3, -0.25) is 18.6 Å². The van der Waals surface area contributed by atoms with Crippen LogP contribution >= 0.6 is 34.7 Å². The molecule has 0 saturated heterocycles. The minimum atomic E-state index is -0.158. The van der Waals surface area contributed by atoms with E-state index in [4.69, 9.17) is 16.6 Å². The molecule has 0 amide bonds. The molecule has 0 unspecified atom stereocenters. The predicted molar refractivity (Wildman–Crippen MR) is 135 cm³/mol. The molecule has 9 heteroatoms. The number of para-hydroxylation sites is 1. The Labute approximate surface area is 202 Å². The van der Waals surface area contributed by atoms with Crippen molar-refractivity contribution in [3.8, 4) is 5.69 Å². The second kappa shape index (κ2) is 8.78. The fourth-order valence-electron chi connectivity index (χ4n) is 3.73. The highest BCUT2D eigenvalue weighted by atomic mass is 35.5. The number of hydrogen-bond acceptors (Lipinski definition) is 6. The van der Waals surface area contributed by atoms with E-state index >= 15 is 0 Å². The molecule has 0 N–H and O–H groups in total. The topological polar surface area (TPSA) is 69.3 Å². The van der Waals surface area contributed by atoms with Crippen molar-refractivity contribution in [3.05, 3.63) is 97.1 Å². The Morgan fingerprint density at radius 1 is 1.09 bits per heavy atom. The first-order valence-electron chi connectivity index (χ1n) is 10.3. The molecule has 0 atom stereocenters. The molecule has 3 heterocycles. The molecular weight excluding hydrogens is 476 g/mol. The van der Waals surface area contributed by atoms with Gasteiger partial charge in [-0.25, -0.2) is 9.97 Å². The van der Waals surface area contributed by atoms with Crippen molar-refractivity contribution in [1.29, 1.82) is 0 Å². The van der Waals surface area contributed by atoms with Gasteiger partial charge in [-0.2, -0.15) is 0 Å². The van der Waals surface area contributed by atoms with Gasteiger partial charge in [-0.05, 0) is 35.7 Å². The van der Waals surface area contributed by atoms with E-state index in [-0.39, 0.29) is 17.0 Å². The van der Waals surface area contributed by atoms with Gasteiger partial charge in [0.2, 0.25) is 0 Å². The van der Waals surface area contributed by atoms with Crippen molar-refractivity contribution in [2.24, 2.45) is 0 Å². The Morgan fingerprint density at radius 2 is 1.91 bits per heavy atom. The van der Waals surface area contributed by atoms with Crippen molar-refractivity contribution in [2.75, 3.05) is 0 Å². The molecule has 0 radical (unpaired) electrons. The van der Waals surface area contributed by atoms with Gasteiger partial charge >= 0.3 is 0 Å². The van der Waals surface area contributed by atoms with Crippen LogP contribution in [0.4, 0.5) is 0 Å². The van der Waals surface area contributed by atoms with E-state index in [0.717, 1.165) is 11.3 Å². The number of fused-ring (bicyclic) bond motifs is 2. The highest BCUT2D eigenvalue weighted by Gasteiger charge is 2.18. The molecule has 2 aromatic carbocycles. The van der Waals surface area contributed by atoms with Crippen LogP contribution in [0.15, 0.2) is 74.9 Å². The van der Waals surface area contributed by atoms with E-state index in [2.05, 4.69) is 18.8 Å². The maximum Gasteiger partial charge on any atom is 0.266 e. The van der Waals surface area contributed by atoms with Crippen molar-refractivity contribution in [2.45, 2.75) is 30.7 Å². The van der Waals surface area contributed by atoms with Crippen LogP contribution in [0.5, 0.6) is 0 Å². The van der Waals surface area contributed by atoms with E-state index in [1.54, 1.807) is 29.0 Å². The molecule has 0 spiro atoms. The molecule has 33 heavy (non-hydrogen) atoms. The average Bonchev–Trinajstić information content (AvgIpc) is 3.27. The second-order valence-electron chi connectivity index (χ2n) is 7.84. The predicted octanol–water partition coefficient (Wildman–Crippen LogP) is 5.52. The first-order chi connectivity index (χ1) is 15.9. The summed E-state index contributed by atoms with van der Waals surface area (Å²) in [6.07, 6.45) is 1.71. The van der Waals surface area contributed by atoms with Crippen LogP contribution in [0.25, 0.3) is 21.6 Å². The van der Waals surface area contributed by atoms with E-state index in [1.807, 2.05) is 29.6 Å². The van der Waals surface area contributed by atoms with Gasteiger partial charge in [-0.1, -0.05) is 55.4 Å². The number of thioether (sulfide) groups is 1. The molecule has 0 aliphatic rings. The van der Waals surface area contributed by atoms with Gasteiger partial charge in [0.05, 0.1) is 22.3 Å². The number of benzene rings is 2. The highest BCUT2D eigenvalue weighted by Crippen LogP contribution is 2.29. The summed E-state index contributed by atoms with van der Waals surface area (Å²) in [6, 6.07) is 14.5. The number of halogens is 1. The molecule has 166 valence electrons. The lowest BCUT2D eigenvalue weighted by Crippen LogP contribution is -2.23. The van der Waals surface area contributed by atoms with Gasteiger partial charge < -0.3 is 0 Å². The fraction of sp³-hybridized carbons (Fsp3) is 0.167. The van der Waals surface area contributed by atoms with E-state index < -0.39 is 0 Å². The Balaban J connectivity index is 1.67. The maximum absolute atomic E-state index is 13.6. The average molecular weight is 495 g/mol. The monoisotopic (exact) mass is 494 g/mol. The second-order valence-corrected chi connectivity index (χ2v) is 10.1. The van der Waals surface area contributed by atoms with Crippen molar-refractivity contribution >= 4 is 50.6 Å². The number of hydrogen-bond donors (Lipinski definition) is 0. The summed E-state index contributed by atoms with van der Waals surface area (Å²) in [5.74, 6) is 0.612. The minimum absolute atomic E-state index is 0.127. The number of thiazole rings is 1. The van der Waals surface area contributed by atoms with E-state index in [1.165, 1.54) is 33.6 Å². The summed E-state index contributed by atoms with van der Waals surface area (Å²) in [4.78, 5) is 36.0. The Morgan fingerprint density at radius 3 is 2.73 bits per heavy atom. The third-order valence-electron chi connectivity index (χ3n) is 5.31. The van der Waals surface area contributed by atoms with Crippen molar-refractivity contribution in [1.82, 2.24) is 18.9 Å². The minimum Gasteiger partial charge on any atom is -0.269 e. The molecule has 0 bridgehead atoms. The molecule has 5 rings (SSSR count). The summed E-state index contributed by atoms with van der Waals surface area (Å²) < 4.78 is 3.18. The standard InChI is InChI=1S/C24H19ClN4O2S2/c1-14(2)17-5-3-4-6-20(17)29-22(31)18-8-7-15(25)11-19(18)27-24(29)33-13-16-12-21(30)28-9-10-32-23(28)26-16/h3-12,14H,13H2,1-2H3. The summed E-state index contributed by atoms with van der Waals surface area (Å²) in [5.41, 5.74) is 2.73. The van der Waals surface area contributed by atoms with Gasteiger partial charge in [-0.15, -0.1) is 11.3 Å². The van der Waals surface area contributed by atoms with E-state index in [0.29, 0.717) is 37.5 Å². The highest BCUT2D eigenvalue weighted by molar-refractivity contribution is 7.98. The zero-order valence-corrected chi connectivity index (χ0v) is 20.2. The summed E-state index contributed by atoms with van der Waals surface area (Å²) in [5, 5.41) is 3.37. The Bertz CT molecular complexity index is 1620. The lowest BCUT2D eigenvalue weighted by Gasteiger charge is -2.18. The van der Waals surface area contributed by atoms with Gasteiger partial charge in [0, 0.05) is 28.4 Å². The summed E-state index contributed by atoms with van der Waals surface area (Å²) in [7, 11) is 0. The normalized spacial score (nSPS) is 11.6. The van der Waals surface area contributed by atoms with Gasteiger partial charge in [0.25, 0.3) is 11.1 Å². The smallest absolute Gasteiger partial charge is 0.266 e. The molecule has 0 fully saturated rings. The number of rotatable bonds is 5. The van der Waals surface area contributed by atoms with Crippen LogP contribution in [0, 0.1) is 0 Å². The maximum atomic E-state index is 13.6. The lowest BCUT2D eigenvalue weighted by atomic mass is 10.0. The van der Waals surface area contributed by atoms with Crippen LogP contribution in [-0.2, 0) is 5.75 Å². The van der Waals surface area contributed by atoms with Crippen LogP contribution < -0.4 is 11.1 Å². The molecule has 3 aromatic heterocycles. The van der Waals surface area contributed by atoms with Crippen molar-refractivity contribution in [3.63, 3.8) is 0 Å².